The quantitative estimate of drug-likeness (QED) is 0.406. The zero-order valence-electron chi connectivity index (χ0n) is 18.9. The second kappa shape index (κ2) is 8.90. The molecular formula is C27H26N2O4. The van der Waals surface area contributed by atoms with E-state index < -0.39 is 11.5 Å². The van der Waals surface area contributed by atoms with Gasteiger partial charge in [0, 0.05) is 6.54 Å². The van der Waals surface area contributed by atoms with Crippen molar-refractivity contribution in [3.8, 4) is 0 Å². The molecule has 0 saturated carbocycles. The predicted octanol–water partition coefficient (Wildman–Crippen LogP) is 4.81. The summed E-state index contributed by atoms with van der Waals surface area (Å²) in [5.41, 5.74) is 3.05. The molecule has 3 amide bonds. The van der Waals surface area contributed by atoms with Crippen LogP contribution in [0.5, 0.6) is 0 Å². The number of hydrogen-bond acceptors (Lipinski definition) is 4. The maximum atomic E-state index is 13.4. The Labute approximate surface area is 193 Å². The number of ether oxygens (including phenoxy) is 1. The van der Waals surface area contributed by atoms with Crippen LogP contribution in [0.2, 0.25) is 0 Å². The Kier molecular flexibility index (Phi) is 6.01. The van der Waals surface area contributed by atoms with Gasteiger partial charge in [0.1, 0.15) is 5.54 Å². The second-order valence-corrected chi connectivity index (χ2v) is 8.54. The first-order valence-corrected chi connectivity index (χ1v) is 10.8. The van der Waals surface area contributed by atoms with Crippen molar-refractivity contribution in [2.24, 2.45) is 0 Å². The molecular weight excluding hydrogens is 416 g/mol. The summed E-state index contributed by atoms with van der Waals surface area (Å²) < 4.78 is 4.72. The number of hydrogen-bond donors (Lipinski definition) is 0. The van der Waals surface area contributed by atoms with Crippen molar-refractivity contribution in [3.05, 3.63) is 101 Å². The third-order valence-corrected chi connectivity index (χ3v) is 6.05. The lowest BCUT2D eigenvalue weighted by Crippen LogP contribution is -2.43. The van der Waals surface area contributed by atoms with Crippen LogP contribution in [0.4, 0.5) is 10.5 Å². The summed E-state index contributed by atoms with van der Waals surface area (Å²) in [6.45, 7) is 3.84. The van der Waals surface area contributed by atoms with Gasteiger partial charge in [-0.25, -0.2) is 14.5 Å². The van der Waals surface area contributed by atoms with E-state index >= 15 is 0 Å². The van der Waals surface area contributed by atoms with Crippen molar-refractivity contribution in [2.75, 3.05) is 12.0 Å². The van der Waals surface area contributed by atoms with Gasteiger partial charge in [-0.05, 0) is 61.2 Å². The van der Waals surface area contributed by atoms with Crippen molar-refractivity contribution in [2.45, 2.75) is 32.4 Å². The number of benzene rings is 3. The lowest BCUT2D eigenvalue weighted by Gasteiger charge is -2.28. The van der Waals surface area contributed by atoms with Crippen LogP contribution in [-0.2, 0) is 22.5 Å². The molecule has 1 aliphatic heterocycles. The van der Waals surface area contributed by atoms with Crippen LogP contribution in [0.15, 0.2) is 78.9 Å². The largest absolute Gasteiger partial charge is 0.465 e. The summed E-state index contributed by atoms with van der Waals surface area (Å²) in [4.78, 5) is 41.2. The van der Waals surface area contributed by atoms with E-state index in [0.29, 0.717) is 17.8 Å². The SMILES string of the molecule is COC(=O)c1ccc(N2C(=O)N(Cc3ccccc3Cc3ccccc3)C(C)(C)C2=O)cc1. The summed E-state index contributed by atoms with van der Waals surface area (Å²) in [7, 11) is 1.31. The van der Waals surface area contributed by atoms with Crippen LogP contribution in [-0.4, -0.2) is 35.5 Å². The molecule has 0 spiro atoms. The first kappa shape index (κ1) is 22.3. The number of imide groups is 1. The standard InChI is InChI=1S/C27H26N2O4/c1-27(2)25(31)29(23-15-13-20(14-16-23)24(30)33-3)26(32)28(27)18-22-12-8-7-11-21(22)17-19-9-5-4-6-10-19/h4-16H,17-18H2,1-3H3. The molecule has 3 aromatic rings. The molecule has 3 aromatic carbocycles. The van der Waals surface area contributed by atoms with E-state index in [1.54, 1.807) is 43.0 Å². The lowest BCUT2D eigenvalue weighted by molar-refractivity contribution is -0.123. The average Bonchev–Trinajstić information content (AvgIpc) is 2.99. The van der Waals surface area contributed by atoms with Gasteiger partial charge in [0.25, 0.3) is 5.91 Å². The summed E-state index contributed by atoms with van der Waals surface area (Å²) in [5, 5.41) is 0. The Morgan fingerprint density at radius 3 is 2.09 bits per heavy atom. The second-order valence-electron chi connectivity index (χ2n) is 8.54. The number of nitrogens with zero attached hydrogens (tertiary/aromatic N) is 2. The molecule has 0 unspecified atom stereocenters. The highest BCUT2D eigenvalue weighted by atomic mass is 16.5. The minimum absolute atomic E-state index is 0.307. The maximum Gasteiger partial charge on any atom is 0.337 e. The van der Waals surface area contributed by atoms with Gasteiger partial charge in [-0.15, -0.1) is 0 Å². The Morgan fingerprint density at radius 2 is 1.45 bits per heavy atom. The predicted molar refractivity (Wildman–Crippen MR) is 126 cm³/mol. The van der Waals surface area contributed by atoms with Crippen molar-refractivity contribution in [3.63, 3.8) is 0 Å². The number of carbonyl (C=O) groups is 3. The number of rotatable bonds is 6. The third-order valence-electron chi connectivity index (χ3n) is 6.05. The van der Waals surface area contributed by atoms with Gasteiger partial charge in [0.2, 0.25) is 0 Å². The Morgan fingerprint density at radius 1 is 0.848 bits per heavy atom. The van der Waals surface area contributed by atoms with E-state index in [-0.39, 0.29) is 11.9 Å². The van der Waals surface area contributed by atoms with E-state index in [4.69, 9.17) is 4.74 Å². The molecule has 0 bridgehead atoms. The van der Waals surface area contributed by atoms with E-state index in [9.17, 15) is 14.4 Å². The van der Waals surface area contributed by atoms with E-state index in [0.717, 1.165) is 17.5 Å². The number of esters is 1. The van der Waals surface area contributed by atoms with Crippen LogP contribution in [0.1, 0.15) is 40.9 Å². The summed E-state index contributed by atoms with van der Waals surface area (Å²) in [5.74, 6) is -0.781. The highest BCUT2D eigenvalue weighted by Gasteiger charge is 2.51. The smallest absolute Gasteiger partial charge is 0.337 e. The number of methoxy groups -OCH3 is 1. The molecule has 33 heavy (non-hydrogen) atoms. The van der Waals surface area contributed by atoms with Crippen LogP contribution >= 0.6 is 0 Å². The molecule has 0 radical (unpaired) electrons. The van der Waals surface area contributed by atoms with Gasteiger partial charge < -0.3 is 9.64 Å². The fourth-order valence-corrected chi connectivity index (χ4v) is 4.06. The molecule has 168 valence electrons. The normalized spacial score (nSPS) is 15.1. The minimum Gasteiger partial charge on any atom is -0.465 e. The molecule has 1 saturated heterocycles. The van der Waals surface area contributed by atoms with Crippen LogP contribution in [0, 0.1) is 0 Å². The topological polar surface area (TPSA) is 66.9 Å². The van der Waals surface area contributed by atoms with Crippen molar-refractivity contribution >= 4 is 23.6 Å². The van der Waals surface area contributed by atoms with Crippen LogP contribution in [0.3, 0.4) is 0 Å². The first-order chi connectivity index (χ1) is 15.8. The van der Waals surface area contributed by atoms with Gasteiger partial charge in [0.05, 0.1) is 18.4 Å². The van der Waals surface area contributed by atoms with E-state index in [1.165, 1.54) is 17.6 Å². The Balaban J connectivity index is 1.61. The fraction of sp³-hybridized carbons (Fsp3) is 0.222. The minimum atomic E-state index is -1.02. The lowest BCUT2D eigenvalue weighted by atomic mass is 9.97. The van der Waals surface area contributed by atoms with Crippen molar-refractivity contribution in [1.29, 1.82) is 0 Å². The van der Waals surface area contributed by atoms with Gasteiger partial charge in [-0.1, -0.05) is 54.6 Å². The molecule has 1 aliphatic rings. The zero-order valence-corrected chi connectivity index (χ0v) is 18.9. The molecule has 1 fully saturated rings. The van der Waals surface area contributed by atoms with Crippen molar-refractivity contribution < 1.29 is 19.1 Å². The van der Waals surface area contributed by atoms with Gasteiger partial charge in [-0.3, -0.25) is 4.79 Å². The van der Waals surface area contributed by atoms with E-state index in [2.05, 4.69) is 18.2 Å². The molecule has 0 atom stereocenters. The maximum absolute atomic E-state index is 13.4. The molecule has 4 rings (SSSR count). The fourth-order valence-electron chi connectivity index (χ4n) is 4.06. The van der Waals surface area contributed by atoms with Gasteiger partial charge in [0.15, 0.2) is 0 Å². The third kappa shape index (κ3) is 4.24. The molecule has 1 heterocycles. The number of urea groups is 1. The number of anilines is 1. The Bertz CT molecular complexity index is 1190. The van der Waals surface area contributed by atoms with Gasteiger partial charge in [-0.2, -0.15) is 0 Å². The highest BCUT2D eigenvalue weighted by molar-refractivity contribution is 6.23. The Hall–Kier alpha value is -3.93. The summed E-state index contributed by atoms with van der Waals surface area (Å²) in [6, 6.07) is 24.0. The molecule has 6 nitrogen and oxygen atoms in total. The summed E-state index contributed by atoms with van der Waals surface area (Å²) >= 11 is 0. The van der Waals surface area contributed by atoms with Gasteiger partial charge >= 0.3 is 12.0 Å². The van der Waals surface area contributed by atoms with Crippen LogP contribution < -0.4 is 4.90 Å². The van der Waals surface area contributed by atoms with E-state index in [1.807, 2.05) is 36.4 Å². The molecule has 0 N–H and O–H groups in total. The monoisotopic (exact) mass is 442 g/mol. The summed E-state index contributed by atoms with van der Waals surface area (Å²) in [6.07, 6.45) is 0.742. The average molecular weight is 443 g/mol. The highest BCUT2D eigenvalue weighted by Crippen LogP contribution is 2.34. The number of carbonyl (C=O) groups excluding carboxylic acids is 3. The van der Waals surface area contributed by atoms with Crippen LogP contribution in [0.25, 0.3) is 0 Å². The molecule has 6 heteroatoms. The number of amides is 3. The van der Waals surface area contributed by atoms with Crippen molar-refractivity contribution in [1.82, 2.24) is 4.90 Å². The first-order valence-electron chi connectivity index (χ1n) is 10.8. The molecule has 0 aromatic heterocycles. The molecule has 0 aliphatic carbocycles. The zero-order chi connectivity index (χ0) is 23.6.